The van der Waals surface area contributed by atoms with Crippen LogP contribution in [-0.4, -0.2) is 30.4 Å². The Balaban J connectivity index is 1.82. The normalized spacial score (nSPS) is 29.7. The molecular formula is C11H20N2O. The van der Waals surface area contributed by atoms with Gasteiger partial charge in [0.05, 0.1) is 0 Å². The van der Waals surface area contributed by atoms with E-state index in [1.165, 1.54) is 12.8 Å². The van der Waals surface area contributed by atoms with Crippen LogP contribution in [0.25, 0.3) is 0 Å². The van der Waals surface area contributed by atoms with Crippen LogP contribution in [0, 0.1) is 17.8 Å². The fourth-order valence-corrected chi connectivity index (χ4v) is 2.35. The maximum absolute atomic E-state index is 11.6. The molecule has 1 saturated carbocycles. The van der Waals surface area contributed by atoms with Crippen molar-refractivity contribution in [3.8, 4) is 0 Å². The Morgan fingerprint density at radius 3 is 2.79 bits per heavy atom. The van der Waals surface area contributed by atoms with Gasteiger partial charge < -0.3 is 10.6 Å². The van der Waals surface area contributed by atoms with Gasteiger partial charge in [0.2, 0.25) is 5.91 Å². The van der Waals surface area contributed by atoms with Crippen molar-refractivity contribution in [1.29, 1.82) is 0 Å². The van der Waals surface area contributed by atoms with Crippen molar-refractivity contribution in [2.75, 3.05) is 19.6 Å². The predicted octanol–water partition coefficient (Wildman–Crippen LogP) is 0.840. The number of carbonyl (C=O) groups excluding carboxylic acids is 1. The molecular weight excluding hydrogens is 176 g/mol. The molecule has 0 aromatic carbocycles. The largest absolute Gasteiger partial charge is 0.342 e. The molecule has 1 amide bonds. The van der Waals surface area contributed by atoms with Gasteiger partial charge in [0.1, 0.15) is 0 Å². The Morgan fingerprint density at radius 1 is 1.57 bits per heavy atom. The van der Waals surface area contributed by atoms with E-state index in [2.05, 4.69) is 6.92 Å². The number of carbonyl (C=O) groups is 1. The van der Waals surface area contributed by atoms with Gasteiger partial charge in [-0.1, -0.05) is 6.92 Å². The zero-order valence-corrected chi connectivity index (χ0v) is 8.91. The van der Waals surface area contributed by atoms with Gasteiger partial charge in [-0.2, -0.15) is 0 Å². The predicted molar refractivity (Wildman–Crippen MR) is 55.6 cm³/mol. The van der Waals surface area contributed by atoms with Crippen LogP contribution in [0.15, 0.2) is 0 Å². The number of likely N-dealkylation sites (tertiary alicyclic amines) is 1. The van der Waals surface area contributed by atoms with Gasteiger partial charge in [-0.05, 0) is 37.1 Å². The first-order chi connectivity index (χ1) is 6.70. The fraction of sp³-hybridized carbons (Fsp3) is 0.909. The van der Waals surface area contributed by atoms with E-state index in [-0.39, 0.29) is 0 Å². The van der Waals surface area contributed by atoms with Gasteiger partial charge in [0.15, 0.2) is 0 Å². The number of rotatable bonds is 4. The summed E-state index contributed by atoms with van der Waals surface area (Å²) in [5.74, 6) is 2.30. The first kappa shape index (κ1) is 9.97. The van der Waals surface area contributed by atoms with Crippen LogP contribution in [0.2, 0.25) is 0 Å². The van der Waals surface area contributed by atoms with Gasteiger partial charge in [-0.3, -0.25) is 4.79 Å². The molecule has 2 N–H and O–H groups in total. The third-order valence-corrected chi connectivity index (χ3v) is 3.56. The fourth-order valence-electron chi connectivity index (χ4n) is 2.35. The summed E-state index contributed by atoms with van der Waals surface area (Å²) < 4.78 is 0. The first-order valence-corrected chi connectivity index (χ1v) is 5.68. The van der Waals surface area contributed by atoms with Crippen molar-refractivity contribution in [2.45, 2.75) is 26.2 Å². The molecule has 2 unspecified atom stereocenters. The Labute approximate surface area is 85.6 Å². The lowest BCUT2D eigenvalue weighted by molar-refractivity contribution is -0.128. The maximum Gasteiger partial charge on any atom is 0.222 e. The summed E-state index contributed by atoms with van der Waals surface area (Å²) in [6, 6.07) is 0. The summed E-state index contributed by atoms with van der Waals surface area (Å²) in [5.41, 5.74) is 5.58. The lowest BCUT2D eigenvalue weighted by Gasteiger charge is -2.20. The highest BCUT2D eigenvalue weighted by atomic mass is 16.2. The SMILES string of the molecule is CC(CN1CC(CN)CC1=O)C1CC1. The van der Waals surface area contributed by atoms with Crippen molar-refractivity contribution in [3.63, 3.8) is 0 Å². The van der Waals surface area contributed by atoms with Crippen molar-refractivity contribution in [3.05, 3.63) is 0 Å². The van der Waals surface area contributed by atoms with E-state index < -0.39 is 0 Å². The molecule has 3 nitrogen and oxygen atoms in total. The Hall–Kier alpha value is -0.570. The van der Waals surface area contributed by atoms with Gasteiger partial charge in [-0.15, -0.1) is 0 Å². The van der Waals surface area contributed by atoms with Crippen LogP contribution in [-0.2, 0) is 4.79 Å². The zero-order chi connectivity index (χ0) is 10.1. The minimum Gasteiger partial charge on any atom is -0.342 e. The molecule has 2 aliphatic rings. The third-order valence-electron chi connectivity index (χ3n) is 3.56. The lowest BCUT2D eigenvalue weighted by Crippen LogP contribution is -2.31. The smallest absolute Gasteiger partial charge is 0.222 e. The summed E-state index contributed by atoms with van der Waals surface area (Å²) in [5, 5.41) is 0. The van der Waals surface area contributed by atoms with Crippen LogP contribution in [0.3, 0.4) is 0 Å². The van der Waals surface area contributed by atoms with Crippen molar-refractivity contribution >= 4 is 5.91 Å². The van der Waals surface area contributed by atoms with Gasteiger partial charge in [0, 0.05) is 19.5 Å². The Kier molecular flexibility index (Phi) is 2.77. The Bertz CT molecular complexity index is 225. The first-order valence-electron chi connectivity index (χ1n) is 5.68. The molecule has 0 aromatic rings. The maximum atomic E-state index is 11.6. The summed E-state index contributed by atoms with van der Waals surface area (Å²) in [4.78, 5) is 13.6. The molecule has 2 fully saturated rings. The number of hydrogen-bond donors (Lipinski definition) is 1. The number of nitrogens with zero attached hydrogens (tertiary/aromatic N) is 1. The van der Waals surface area contributed by atoms with E-state index in [9.17, 15) is 4.79 Å². The molecule has 1 aliphatic heterocycles. The molecule has 0 aromatic heterocycles. The van der Waals surface area contributed by atoms with Crippen LogP contribution in [0.5, 0.6) is 0 Å². The highest BCUT2D eigenvalue weighted by Crippen LogP contribution is 2.37. The second-order valence-electron chi connectivity index (χ2n) is 4.92. The second-order valence-corrected chi connectivity index (χ2v) is 4.92. The molecule has 2 atom stereocenters. The topological polar surface area (TPSA) is 46.3 Å². The quantitative estimate of drug-likeness (QED) is 0.724. The van der Waals surface area contributed by atoms with E-state index in [0.717, 1.165) is 19.0 Å². The van der Waals surface area contributed by atoms with Crippen molar-refractivity contribution in [1.82, 2.24) is 4.90 Å². The molecule has 1 saturated heterocycles. The summed E-state index contributed by atoms with van der Waals surface area (Å²) in [6.07, 6.45) is 3.40. The average Bonchev–Trinajstić information content (AvgIpc) is 2.94. The van der Waals surface area contributed by atoms with Crippen molar-refractivity contribution < 1.29 is 4.79 Å². The number of hydrogen-bond acceptors (Lipinski definition) is 2. The molecule has 1 heterocycles. The molecule has 14 heavy (non-hydrogen) atoms. The van der Waals surface area contributed by atoms with E-state index in [4.69, 9.17) is 5.73 Å². The summed E-state index contributed by atoms with van der Waals surface area (Å²) >= 11 is 0. The highest BCUT2D eigenvalue weighted by molar-refractivity contribution is 5.78. The number of amides is 1. The standard InChI is InChI=1S/C11H20N2O/c1-8(10-2-3-10)6-13-7-9(5-12)4-11(13)14/h8-10H,2-7,12H2,1H3. The average molecular weight is 196 g/mol. The molecule has 3 heteroatoms. The van der Waals surface area contributed by atoms with E-state index >= 15 is 0 Å². The Morgan fingerprint density at radius 2 is 2.29 bits per heavy atom. The number of nitrogens with two attached hydrogens (primary N) is 1. The van der Waals surface area contributed by atoms with E-state index in [1.54, 1.807) is 0 Å². The monoisotopic (exact) mass is 196 g/mol. The van der Waals surface area contributed by atoms with Crippen LogP contribution >= 0.6 is 0 Å². The van der Waals surface area contributed by atoms with Crippen LogP contribution < -0.4 is 5.73 Å². The molecule has 2 rings (SSSR count). The summed E-state index contributed by atoms with van der Waals surface area (Å²) in [6.45, 7) is 4.77. The zero-order valence-electron chi connectivity index (χ0n) is 8.91. The van der Waals surface area contributed by atoms with E-state index in [1.807, 2.05) is 4.90 Å². The van der Waals surface area contributed by atoms with E-state index in [0.29, 0.717) is 30.7 Å². The molecule has 0 radical (unpaired) electrons. The second kappa shape index (κ2) is 3.89. The summed E-state index contributed by atoms with van der Waals surface area (Å²) in [7, 11) is 0. The van der Waals surface area contributed by atoms with Gasteiger partial charge >= 0.3 is 0 Å². The van der Waals surface area contributed by atoms with Crippen LogP contribution in [0.4, 0.5) is 0 Å². The molecule has 0 bridgehead atoms. The molecule has 0 spiro atoms. The van der Waals surface area contributed by atoms with Crippen LogP contribution in [0.1, 0.15) is 26.2 Å². The molecule has 80 valence electrons. The minimum atomic E-state index is 0.313. The third kappa shape index (κ3) is 2.08. The highest BCUT2D eigenvalue weighted by Gasteiger charge is 2.34. The molecule has 1 aliphatic carbocycles. The lowest BCUT2D eigenvalue weighted by atomic mass is 10.1. The van der Waals surface area contributed by atoms with Gasteiger partial charge in [0.25, 0.3) is 0 Å². The van der Waals surface area contributed by atoms with Crippen molar-refractivity contribution in [2.24, 2.45) is 23.5 Å². The minimum absolute atomic E-state index is 0.313. The van der Waals surface area contributed by atoms with Gasteiger partial charge in [-0.25, -0.2) is 0 Å².